The Labute approximate surface area is 80.7 Å². The first-order valence-corrected chi connectivity index (χ1v) is 4.33. The summed E-state index contributed by atoms with van der Waals surface area (Å²) in [5, 5.41) is 0. The zero-order valence-corrected chi connectivity index (χ0v) is 8.02. The zero-order valence-electron chi connectivity index (χ0n) is 8.02. The summed E-state index contributed by atoms with van der Waals surface area (Å²) in [5.74, 6) is -3.39. The quantitative estimate of drug-likeness (QED) is 0.734. The van der Waals surface area contributed by atoms with Gasteiger partial charge in [0.1, 0.15) is 5.82 Å². The fourth-order valence-electron chi connectivity index (χ4n) is 1.19. The molecule has 0 aromatic heterocycles. The Morgan fingerprint density at radius 2 is 1.71 bits per heavy atom. The molecule has 1 aromatic carbocycles. The summed E-state index contributed by atoms with van der Waals surface area (Å²) < 4.78 is 38.8. The maximum absolute atomic E-state index is 13.2. The van der Waals surface area contributed by atoms with Crippen molar-refractivity contribution in [2.24, 2.45) is 5.73 Å². The summed E-state index contributed by atoms with van der Waals surface area (Å²) in [4.78, 5) is 0. The molecule has 0 saturated heterocycles. The van der Waals surface area contributed by atoms with E-state index in [1.54, 1.807) is 13.8 Å². The van der Waals surface area contributed by atoms with E-state index in [1.165, 1.54) is 0 Å². The molecule has 0 radical (unpaired) electrons. The second-order valence-electron chi connectivity index (χ2n) is 3.44. The minimum absolute atomic E-state index is 0.0162. The van der Waals surface area contributed by atoms with Crippen molar-refractivity contribution in [1.29, 1.82) is 0 Å². The molecule has 2 atom stereocenters. The van der Waals surface area contributed by atoms with Crippen molar-refractivity contribution in [1.82, 2.24) is 0 Å². The van der Waals surface area contributed by atoms with E-state index in [0.717, 1.165) is 6.07 Å². The molecule has 1 aromatic rings. The van der Waals surface area contributed by atoms with Gasteiger partial charge in [-0.3, -0.25) is 0 Å². The number of rotatable bonds is 2. The van der Waals surface area contributed by atoms with Crippen LogP contribution in [0.3, 0.4) is 0 Å². The smallest absolute Gasteiger partial charge is 0.162 e. The lowest BCUT2D eigenvalue weighted by molar-refractivity contribution is 0.467. The van der Waals surface area contributed by atoms with Crippen LogP contribution < -0.4 is 5.73 Å². The molecule has 0 bridgehead atoms. The maximum Gasteiger partial charge on any atom is 0.162 e. The van der Waals surface area contributed by atoms with Crippen LogP contribution in [0.15, 0.2) is 12.1 Å². The van der Waals surface area contributed by atoms with Crippen LogP contribution in [-0.2, 0) is 0 Å². The Bertz CT molecular complexity index is 336. The largest absolute Gasteiger partial charge is 0.327 e. The maximum atomic E-state index is 13.2. The standard InChI is InChI=1S/C10H12F3N/c1-5(6(2)14)8-3-7(11)4-9(12)10(8)13/h3-6H,14H2,1-2H3. The highest BCUT2D eigenvalue weighted by molar-refractivity contribution is 5.24. The molecule has 0 heterocycles. The normalized spacial score (nSPS) is 15.3. The van der Waals surface area contributed by atoms with Gasteiger partial charge in [-0.15, -0.1) is 0 Å². The van der Waals surface area contributed by atoms with Crippen molar-refractivity contribution in [2.45, 2.75) is 25.8 Å². The fraction of sp³-hybridized carbons (Fsp3) is 0.400. The topological polar surface area (TPSA) is 26.0 Å². The SMILES string of the molecule is CC(N)C(C)c1cc(F)cc(F)c1F. The van der Waals surface area contributed by atoms with Gasteiger partial charge in [-0.25, -0.2) is 13.2 Å². The summed E-state index contributed by atoms with van der Waals surface area (Å²) in [5.41, 5.74) is 5.51. The Hall–Kier alpha value is -1.03. The van der Waals surface area contributed by atoms with Gasteiger partial charge in [0, 0.05) is 12.1 Å². The van der Waals surface area contributed by atoms with Gasteiger partial charge < -0.3 is 5.73 Å². The van der Waals surface area contributed by atoms with E-state index < -0.39 is 23.4 Å². The van der Waals surface area contributed by atoms with E-state index >= 15 is 0 Å². The summed E-state index contributed by atoms with van der Waals surface area (Å²) in [6, 6.07) is 1.14. The van der Waals surface area contributed by atoms with Crippen molar-refractivity contribution < 1.29 is 13.2 Å². The molecule has 1 nitrogen and oxygen atoms in total. The van der Waals surface area contributed by atoms with Crippen LogP contribution in [0.25, 0.3) is 0 Å². The molecule has 0 aliphatic carbocycles. The molecule has 2 N–H and O–H groups in total. The molecule has 14 heavy (non-hydrogen) atoms. The lowest BCUT2D eigenvalue weighted by atomic mass is 9.94. The third-order valence-corrected chi connectivity index (χ3v) is 2.30. The first kappa shape index (κ1) is 11.0. The highest BCUT2D eigenvalue weighted by Gasteiger charge is 2.18. The van der Waals surface area contributed by atoms with Crippen molar-refractivity contribution >= 4 is 0 Å². The third kappa shape index (κ3) is 2.07. The van der Waals surface area contributed by atoms with Gasteiger partial charge >= 0.3 is 0 Å². The predicted octanol–water partition coefficient (Wildman–Crippen LogP) is 2.55. The monoisotopic (exact) mass is 203 g/mol. The van der Waals surface area contributed by atoms with Gasteiger partial charge in [0.15, 0.2) is 11.6 Å². The van der Waals surface area contributed by atoms with E-state index in [0.29, 0.717) is 6.07 Å². The minimum atomic E-state index is -1.17. The van der Waals surface area contributed by atoms with E-state index in [2.05, 4.69) is 0 Å². The second kappa shape index (κ2) is 4.00. The molecule has 0 aliphatic heterocycles. The van der Waals surface area contributed by atoms with E-state index in [1.807, 2.05) is 0 Å². The van der Waals surface area contributed by atoms with Crippen LogP contribution in [0.1, 0.15) is 25.3 Å². The number of nitrogens with two attached hydrogens (primary N) is 1. The molecule has 0 spiro atoms. The van der Waals surface area contributed by atoms with Gasteiger partial charge in [0.2, 0.25) is 0 Å². The summed E-state index contributed by atoms with van der Waals surface area (Å²) in [7, 11) is 0. The van der Waals surface area contributed by atoms with Crippen molar-refractivity contribution in [3.8, 4) is 0 Å². The fourth-order valence-corrected chi connectivity index (χ4v) is 1.19. The lowest BCUT2D eigenvalue weighted by Crippen LogP contribution is -2.23. The molecule has 4 heteroatoms. The van der Waals surface area contributed by atoms with Crippen molar-refractivity contribution in [3.05, 3.63) is 35.1 Å². The molecule has 0 aliphatic rings. The van der Waals surface area contributed by atoms with Gasteiger partial charge in [-0.2, -0.15) is 0 Å². The summed E-state index contributed by atoms with van der Waals surface area (Å²) >= 11 is 0. The van der Waals surface area contributed by atoms with Crippen molar-refractivity contribution in [3.63, 3.8) is 0 Å². The van der Waals surface area contributed by atoms with Crippen molar-refractivity contribution in [2.75, 3.05) is 0 Å². The molecule has 0 fully saturated rings. The van der Waals surface area contributed by atoms with Crippen LogP contribution in [0.2, 0.25) is 0 Å². The molecule has 2 unspecified atom stereocenters. The first-order chi connectivity index (χ1) is 6.43. The van der Waals surface area contributed by atoms with Crippen LogP contribution in [0.5, 0.6) is 0 Å². The van der Waals surface area contributed by atoms with Gasteiger partial charge in [-0.1, -0.05) is 6.92 Å². The molecular weight excluding hydrogens is 191 g/mol. The molecule has 1 rings (SSSR count). The number of hydrogen-bond acceptors (Lipinski definition) is 1. The molecule has 0 amide bonds. The molecule has 0 saturated carbocycles. The number of hydrogen-bond donors (Lipinski definition) is 1. The number of benzene rings is 1. The lowest BCUT2D eigenvalue weighted by Gasteiger charge is -2.16. The first-order valence-electron chi connectivity index (χ1n) is 4.33. The van der Waals surface area contributed by atoms with E-state index in [-0.39, 0.29) is 11.6 Å². The van der Waals surface area contributed by atoms with Gasteiger partial charge in [0.25, 0.3) is 0 Å². The Balaban J connectivity index is 3.20. The average Bonchev–Trinajstić information content (AvgIpc) is 2.09. The summed E-state index contributed by atoms with van der Waals surface area (Å²) in [6.07, 6.45) is 0. The van der Waals surface area contributed by atoms with Crippen LogP contribution in [0, 0.1) is 17.5 Å². The molecular formula is C10H12F3N. The Morgan fingerprint density at radius 3 is 2.21 bits per heavy atom. The highest BCUT2D eigenvalue weighted by Crippen LogP contribution is 2.24. The van der Waals surface area contributed by atoms with Crippen LogP contribution in [-0.4, -0.2) is 6.04 Å². The Morgan fingerprint density at radius 1 is 1.14 bits per heavy atom. The second-order valence-corrected chi connectivity index (χ2v) is 3.44. The molecule has 78 valence electrons. The number of halogens is 3. The minimum Gasteiger partial charge on any atom is -0.327 e. The highest BCUT2D eigenvalue weighted by atomic mass is 19.2. The zero-order chi connectivity index (χ0) is 10.9. The summed E-state index contributed by atoms with van der Waals surface area (Å²) in [6.45, 7) is 3.29. The van der Waals surface area contributed by atoms with Crippen LogP contribution in [0.4, 0.5) is 13.2 Å². The Kier molecular flexibility index (Phi) is 3.16. The van der Waals surface area contributed by atoms with E-state index in [4.69, 9.17) is 5.73 Å². The predicted molar refractivity (Wildman–Crippen MR) is 48.4 cm³/mol. The van der Waals surface area contributed by atoms with Gasteiger partial charge in [0.05, 0.1) is 0 Å². The van der Waals surface area contributed by atoms with Gasteiger partial charge in [-0.05, 0) is 24.5 Å². The third-order valence-electron chi connectivity index (χ3n) is 2.30. The average molecular weight is 203 g/mol. The van der Waals surface area contributed by atoms with E-state index in [9.17, 15) is 13.2 Å². The van der Waals surface area contributed by atoms with Crippen LogP contribution >= 0.6 is 0 Å².